The van der Waals surface area contributed by atoms with E-state index in [0.29, 0.717) is 0 Å². The second-order valence-corrected chi connectivity index (χ2v) is 6.00. The van der Waals surface area contributed by atoms with E-state index in [1.165, 1.54) is 0 Å². The Morgan fingerprint density at radius 2 is 1.83 bits per heavy atom. The highest BCUT2D eigenvalue weighted by Crippen LogP contribution is 2.26. The van der Waals surface area contributed by atoms with Crippen molar-refractivity contribution >= 4 is 11.6 Å². The molecule has 4 nitrogen and oxygen atoms in total. The van der Waals surface area contributed by atoms with Crippen molar-refractivity contribution in [1.82, 2.24) is 4.90 Å². The van der Waals surface area contributed by atoms with Crippen LogP contribution in [0, 0.1) is 0 Å². The van der Waals surface area contributed by atoms with Gasteiger partial charge < -0.3 is 15.0 Å². The first kappa shape index (κ1) is 17.2. The Kier molecular flexibility index (Phi) is 5.53. The quantitative estimate of drug-likeness (QED) is 0.890. The maximum absolute atomic E-state index is 12.8. The third kappa shape index (κ3) is 4.18. The van der Waals surface area contributed by atoms with Gasteiger partial charge in [0.15, 0.2) is 5.60 Å². The predicted molar refractivity (Wildman–Crippen MR) is 93.3 cm³/mol. The molecular weight excluding hydrogens is 288 g/mol. The molecule has 0 aliphatic heterocycles. The molecule has 0 fully saturated rings. The maximum Gasteiger partial charge on any atom is 0.260 e. The summed E-state index contributed by atoms with van der Waals surface area (Å²) in [4.78, 5) is 14.8. The fourth-order valence-corrected chi connectivity index (χ4v) is 2.46. The molecule has 4 heteroatoms. The first-order valence-electron chi connectivity index (χ1n) is 7.61. The Hall–Kier alpha value is -2.17. The highest BCUT2D eigenvalue weighted by molar-refractivity contribution is 5.97. The van der Waals surface area contributed by atoms with Crippen molar-refractivity contribution in [3.8, 4) is 0 Å². The number of ether oxygens (including phenoxy) is 1. The number of nitrogens with one attached hydrogen (secondary N) is 1. The second kappa shape index (κ2) is 7.40. The van der Waals surface area contributed by atoms with Gasteiger partial charge in [-0.2, -0.15) is 0 Å². The van der Waals surface area contributed by atoms with E-state index >= 15 is 0 Å². The molecule has 2 aromatic rings. The zero-order chi connectivity index (χ0) is 16.9. The number of hydrogen-bond acceptors (Lipinski definition) is 3. The number of carbonyl (C=O) groups is 1. The molecule has 1 N–H and O–H groups in total. The van der Waals surface area contributed by atoms with Gasteiger partial charge in [-0.25, -0.2) is 0 Å². The van der Waals surface area contributed by atoms with Crippen LogP contribution in [0.5, 0.6) is 0 Å². The lowest BCUT2D eigenvalue weighted by atomic mass is 9.94. The highest BCUT2D eigenvalue weighted by atomic mass is 16.5. The van der Waals surface area contributed by atoms with Crippen molar-refractivity contribution < 1.29 is 9.53 Å². The smallest absolute Gasteiger partial charge is 0.260 e. The third-order valence-electron chi connectivity index (χ3n) is 3.85. The number of benzene rings is 2. The van der Waals surface area contributed by atoms with Crippen molar-refractivity contribution in [2.24, 2.45) is 0 Å². The van der Waals surface area contributed by atoms with Gasteiger partial charge in [0.25, 0.3) is 5.91 Å². The minimum atomic E-state index is -1.03. The normalized spacial score (nSPS) is 13.6. The van der Waals surface area contributed by atoms with Crippen LogP contribution in [0.15, 0.2) is 54.6 Å². The Balaban J connectivity index is 2.20. The molecule has 1 unspecified atom stereocenters. The lowest BCUT2D eigenvalue weighted by molar-refractivity contribution is -0.136. The van der Waals surface area contributed by atoms with Crippen LogP contribution in [-0.4, -0.2) is 32.0 Å². The van der Waals surface area contributed by atoms with Crippen molar-refractivity contribution in [2.75, 3.05) is 26.5 Å². The van der Waals surface area contributed by atoms with Crippen LogP contribution >= 0.6 is 0 Å². The van der Waals surface area contributed by atoms with Gasteiger partial charge in [0.05, 0.1) is 0 Å². The van der Waals surface area contributed by atoms with Gasteiger partial charge in [0.2, 0.25) is 0 Å². The Morgan fingerprint density at radius 3 is 2.43 bits per heavy atom. The number of hydrogen-bond donors (Lipinski definition) is 1. The van der Waals surface area contributed by atoms with E-state index in [-0.39, 0.29) is 5.91 Å². The molecule has 0 aromatic heterocycles. The van der Waals surface area contributed by atoms with E-state index in [1.54, 1.807) is 14.0 Å². The Morgan fingerprint density at radius 1 is 1.13 bits per heavy atom. The van der Waals surface area contributed by atoms with Crippen LogP contribution in [0.3, 0.4) is 0 Å². The summed E-state index contributed by atoms with van der Waals surface area (Å²) in [5.74, 6) is -0.187. The van der Waals surface area contributed by atoms with Crippen molar-refractivity contribution in [3.05, 3.63) is 65.7 Å². The summed E-state index contributed by atoms with van der Waals surface area (Å²) < 4.78 is 5.53. The Bertz CT molecular complexity index is 655. The first-order valence-corrected chi connectivity index (χ1v) is 7.61. The molecule has 2 rings (SSSR count). The van der Waals surface area contributed by atoms with E-state index < -0.39 is 5.60 Å². The molecule has 1 atom stereocenters. The van der Waals surface area contributed by atoms with Gasteiger partial charge in [0.1, 0.15) is 0 Å². The van der Waals surface area contributed by atoms with E-state index in [2.05, 4.69) is 10.2 Å². The number of methoxy groups -OCH3 is 1. The summed E-state index contributed by atoms with van der Waals surface area (Å²) in [5.41, 5.74) is 1.71. The van der Waals surface area contributed by atoms with Gasteiger partial charge >= 0.3 is 0 Å². The number of nitrogens with zero attached hydrogens (tertiary/aromatic N) is 1. The van der Waals surface area contributed by atoms with E-state index in [9.17, 15) is 4.79 Å². The fraction of sp³-hybridized carbons (Fsp3) is 0.316. The van der Waals surface area contributed by atoms with Gasteiger partial charge in [-0.15, -0.1) is 0 Å². The van der Waals surface area contributed by atoms with Crippen LogP contribution < -0.4 is 5.32 Å². The van der Waals surface area contributed by atoms with Gasteiger partial charge in [0, 0.05) is 19.3 Å². The molecule has 2 aromatic carbocycles. The van der Waals surface area contributed by atoms with E-state index in [0.717, 1.165) is 23.4 Å². The van der Waals surface area contributed by atoms with Gasteiger partial charge in [-0.05, 0) is 44.3 Å². The molecule has 0 aliphatic rings. The summed E-state index contributed by atoms with van der Waals surface area (Å²) in [6.07, 6.45) is 0. The summed E-state index contributed by atoms with van der Waals surface area (Å²) in [6, 6.07) is 17.4. The van der Waals surface area contributed by atoms with E-state index in [4.69, 9.17) is 4.74 Å². The van der Waals surface area contributed by atoms with Gasteiger partial charge in [-0.3, -0.25) is 4.79 Å². The molecule has 23 heavy (non-hydrogen) atoms. The van der Waals surface area contributed by atoms with Crippen LogP contribution in [0.2, 0.25) is 0 Å². The zero-order valence-electron chi connectivity index (χ0n) is 14.2. The SMILES string of the molecule is COC(C)(C(=O)Nc1cccc(CN(C)C)c1)c1ccccc1. The standard InChI is InChI=1S/C19H24N2O2/c1-19(23-4,16-10-6-5-7-11-16)18(22)20-17-12-8-9-15(13-17)14-21(2)3/h5-13H,14H2,1-4H3,(H,20,22). The second-order valence-electron chi connectivity index (χ2n) is 6.00. The number of carbonyl (C=O) groups excluding carboxylic acids is 1. The largest absolute Gasteiger partial charge is 0.364 e. The monoisotopic (exact) mass is 312 g/mol. The maximum atomic E-state index is 12.8. The van der Waals surface area contributed by atoms with Crippen LogP contribution in [0.4, 0.5) is 5.69 Å². The number of anilines is 1. The lowest BCUT2D eigenvalue weighted by Crippen LogP contribution is -2.39. The molecule has 0 heterocycles. The molecule has 0 spiro atoms. The molecule has 0 radical (unpaired) electrons. The average Bonchev–Trinajstić information content (AvgIpc) is 2.54. The number of amides is 1. The summed E-state index contributed by atoms with van der Waals surface area (Å²) in [6.45, 7) is 2.60. The Labute approximate surface area is 138 Å². The molecular formula is C19H24N2O2. The molecule has 0 aliphatic carbocycles. The first-order chi connectivity index (χ1) is 11.0. The molecule has 0 saturated carbocycles. The molecule has 0 bridgehead atoms. The predicted octanol–water partition coefficient (Wildman–Crippen LogP) is 3.25. The minimum absolute atomic E-state index is 0.187. The van der Waals surface area contributed by atoms with Crippen molar-refractivity contribution in [3.63, 3.8) is 0 Å². The topological polar surface area (TPSA) is 41.6 Å². The van der Waals surface area contributed by atoms with Gasteiger partial charge in [-0.1, -0.05) is 42.5 Å². The highest BCUT2D eigenvalue weighted by Gasteiger charge is 2.35. The third-order valence-corrected chi connectivity index (χ3v) is 3.85. The average molecular weight is 312 g/mol. The van der Waals surface area contributed by atoms with E-state index in [1.807, 2.05) is 68.7 Å². The summed E-state index contributed by atoms with van der Waals surface area (Å²) in [5, 5.41) is 2.96. The molecule has 1 amide bonds. The van der Waals surface area contributed by atoms with Crippen molar-refractivity contribution in [2.45, 2.75) is 19.1 Å². The van der Waals surface area contributed by atoms with Crippen LogP contribution in [0.1, 0.15) is 18.1 Å². The summed E-state index contributed by atoms with van der Waals surface area (Å²) in [7, 11) is 5.58. The lowest BCUT2D eigenvalue weighted by Gasteiger charge is -2.27. The zero-order valence-corrected chi connectivity index (χ0v) is 14.2. The molecule has 0 saturated heterocycles. The van der Waals surface area contributed by atoms with Crippen molar-refractivity contribution in [1.29, 1.82) is 0 Å². The van der Waals surface area contributed by atoms with Crippen LogP contribution in [0.25, 0.3) is 0 Å². The fourth-order valence-electron chi connectivity index (χ4n) is 2.46. The molecule has 122 valence electrons. The number of rotatable bonds is 6. The summed E-state index contributed by atoms with van der Waals surface area (Å²) >= 11 is 0. The minimum Gasteiger partial charge on any atom is -0.364 e. The van der Waals surface area contributed by atoms with Crippen LogP contribution in [-0.2, 0) is 21.7 Å².